The molecule has 11 heteroatoms. The number of hydrogen-bond acceptors (Lipinski definition) is 6. The lowest BCUT2D eigenvalue weighted by atomic mass is 10.2. The Kier molecular flexibility index (Phi) is 6.27. The van der Waals surface area contributed by atoms with Crippen molar-refractivity contribution in [1.29, 1.82) is 0 Å². The summed E-state index contributed by atoms with van der Waals surface area (Å²) in [4.78, 5) is 34.9. The molecule has 0 aromatic carbocycles. The van der Waals surface area contributed by atoms with E-state index in [2.05, 4.69) is 20.8 Å². The number of carbonyl (C=O) groups excluding carboxylic acids is 2. The zero-order valence-corrected chi connectivity index (χ0v) is 15.7. The van der Waals surface area contributed by atoms with Gasteiger partial charge >= 0.3 is 5.69 Å². The lowest BCUT2D eigenvalue weighted by Crippen LogP contribution is -2.29. The minimum Gasteiger partial charge on any atom is -0.350 e. The van der Waals surface area contributed by atoms with Gasteiger partial charge in [-0.3, -0.25) is 29.1 Å². The van der Waals surface area contributed by atoms with Crippen molar-refractivity contribution in [2.75, 3.05) is 11.9 Å². The zero-order valence-electron chi connectivity index (χ0n) is 15.7. The Morgan fingerprint density at radius 3 is 2.52 bits per heavy atom. The molecule has 0 aliphatic carbocycles. The van der Waals surface area contributed by atoms with Crippen LogP contribution >= 0.6 is 0 Å². The third kappa shape index (κ3) is 5.12. The number of anilines is 1. The van der Waals surface area contributed by atoms with Gasteiger partial charge in [-0.2, -0.15) is 10.2 Å². The largest absolute Gasteiger partial charge is 0.350 e. The molecule has 2 heterocycles. The van der Waals surface area contributed by atoms with Gasteiger partial charge in [0, 0.05) is 19.3 Å². The van der Waals surface area contributed by atoms with E-state index >= 15 is 0 Å². The molecule has 0 fully saturated rings. The topological polar surface area (TPSA) is 137 Å². The zero-order chi connectivity index (χ0) is 20.1. The van der Waals surface area contributed by atoms with E-state index in [0.717, 1.165) is 0 Å². The lowest BCUT2D eigenvalue weighted by Gasteiger charge is -2.08. The lowest BCUT2D eigenvalue weighted by molar-refractivity contribution is -0.385. The Morgan fingerprint density at radius 2 is 1.96 bits per heavy atom. The van der Waals surface area contributed by atoms with Gasteiger partial charge in [0.25, 0.3) is 5.91 Å². The van der Waals surface area contributed by atoms with Gasteiger partial charge in [-0.05, 0) is 19.8 Å². The fraction of sp³-hybridized carbons (Fsp3) is 0.500. The van der Waals surface area contributed by atoms with Crippen molar-refractivity contribution in [1.82, 2.24) is 24.9 Å². The van der Waals surface area contributed by atoms with Gasteiger partial charge < -0.3 is 10.6 Å². The van der Waals surface area contributed by atoms with Crippen LogP contribution in [0.15, 0.2) is 12.4 Å². The highest BCUT2D eigenvalue weighted by molar-refractivity contribution is 6.02. The van der Waals surface area contributed by atoms with Crippen molar-refractivity contribution in [3.8, 4) is 0 Å². The Labute approximate surface area is 155 Å². The van der Waals surface area contributed by atoms with E-state index in [4.69, 9.17) is 0 Å². The Bertz CT molecular complexity index is 853. The van der Waals surface area contributed by atoms with Crippen molar-refractivity contribution in [3.63, 3.8) is 0 Å². The third-order valence-electron chi connectivity index (χ3n) is 3.67. The Morgan fingerprint density at radius 1 is 1.26 bits per heavy atom. The van der Waals surface area contributed by atoms with Crippen LogP contribution in [0.25, 0.3) is 0 Å². The highest BCUT2D eigenvalue weighted by atomic mass is 16.6. The van der Waals surface area contributed by atoms with Gasteiger partial charge in [0.05, 0.1) is 10.6 Å². The molecule has 0 aliphatic rings. The van der Waals surface area contributed by atoms with E-state index in [1.54, 1.807) is 10.9 Å². The highest BCUT2D eigenvalue weighted by Crippen LogP contribution is 2.16. The van der Waals surface area contributed by atoms with Crippen molar-refractivity contribution in [3.05, 3.63) is 33.9 Å². The van der Waals surface area contributed by atoms with Gasteiger partial charge in [0.2, 0.25) is 5.91 Å². The molecule has 146 valence electrons. The summed E-state index contributed by atoms with van der Waals surface area (Å²) in [5, 5.41) is 24.4. The number of aromatic nitrogens is 4. The number of aryl methyl sites for hydroxylation is 2. The van der Waals surface area contributed by atoms with Crippen molar-refractivity contribution >= 4 is 23.2 Å². The molecule has 0 spiro atoms. The van der Waals surface area contributed by atoms with Crippen LogP contribution in [0, 0.1) is 23.0 Å². The molecule has 2 rings (SSSR count). The van der Waals surface area contributed by atoms with Crippen molar-refractivity contribution in [2.45, 2.75) is 40.8 Å². The van der Waals surface area contributed by atoms with E-state index in [9.17, 15) is 19.7 Å². The first-order valence-electron chi connectivity index (χ1n) is 8.55. The van der Waals surface area contributed by atoms with Crippen molar-refractivity contribution < 1.29 is 14.5 Å². The molecule has 2 aromatic heterocycles. The van der Waals surface area contributed by atoms with Gasteiger partial charge in [-0.25, -0.2) is 0 Å². The fourth-order valence-electron chi connectivity index (χ4n) is 2.33. The van der Waals surface area contributed by atoms with E-state index in [-0.39, 0.29) is 41.1 Å². The predicted molar refractivity (Wildman–Crippen MR) is 97.3 cm³/mol. The second-order valence-corrected chi connectivity index (χ2v) is 6.45. The summed E-state index contributed by atoms with van der Waals surface area (Å²) in [7, 11) is 0. The summed E-state index contributed by atoms with van der Waals surface area (Å²) >= 11 is 0. The van der Waals surface area contributed by atoms with Gasteiger partial charge in [-0.1, -0.05) is 13.8 Å². The van der Waals surface area contributed by atoms with E-state index in [0.29, 0.717) is 13.1 Å². The van der Waals surface area contributed by atoms with Gasteiger partial charge in [-0.15, -0.1) is 0 Å². The summed E-state index contributed by atoms with van der Waals surface area (Å²) in [6.07, 6.45) is 2.76. The SMILES string of the molecule is CCn1cc(NC(=O)Cn2cc([N+](=O)[O-])c(C)n2)c(C(=O)NCC(C)C)n1. The molecule has 2 N–H and O–H groups in total. The van der Waals surface area contributed by atoms with Crippen molar-refractivity contribution in [2.24, 2.45) is 5.92 Å². The quantitative estimate of drug-likeness (QED) is 0.526. The van der Waals surface area contributed by atoms with Gasteiger partial charge in [0.15, 0.2) is 5.69 Å². The van der Waals surface area contributed by atoms with Crippen LogP contribution in [0.4, 0.5) is 11.4 Å². The number of hydrogen-bond donors (Lipinski definition) is 2. The van der Waals surface area contributed by atoms with E-state index in [1.165, 1.54) is 17.8 Å². The van der Waals surface area contributed by atoms with Gasteiger partial charge in [0.1, 0.15) is 18.4 Å². The van der Waals surface area contributed by atoms with Crippen LogP contribution in [0.2, 0.25) is 0 Å². The predicted octanol–water partition coefficient (Wildman–Crippen LogP) is 1.34. The molecule has 0 saturated carbocycles. The molecule has 0 radical (unpaired) electrons. The number of nitrogens with zero attached hydrogens (tertiary/aromatic N) is 5. The number of nitro groups is 1. The van der Waals surface area contributed by atoms with Crippen LogP contribution in [-0.2, 0) is 17.9 Å². The molecule has 0 bridgehead atoms. The molecule has 27 heavy (non-hydrogen) atoms. The molecule has 11 nitrogen and oxygen atoms in total. The first-order chi connectivity index (χ1) is 12.7. The smallest absolute Gasteiger partial charge is 0.309 e. The van der Waals surface area contributed by atoms with Crippen LogP contribution < -0.4 is 10.6 Å². The summed E-state index contributed by atoms with van der Waals surface area (Å²) in [6, 6.07) is 0. The summed E-state index contributed by atoms with van der Waals surface area (Å²) in [6.45, 7) is 8.10. The molecular weight excluding hydrogens is 354 g/mol. The van der Waals surface area contributed by atoms with E-state index < -0.39 is 10.8 Å². The maximum absolute atomic E-state index is 12.3. The number of carbonyl (C=O) groups is 2. The second-order valence-electron chi connectivity index (χ2n) is 6.45. The Hall–Kier alpha value is -3.24. The van der Waals surface area contributed by atoms with Crippen LogP contribution in [-0.4, -0.2) is 42.8 Å². The molecule has 0 atom stereocenters. The number of nitrogens with one attached hydrogen (secondary N) is 2. The number of rotatable bonds is 8. The highest BCUT2D eigenvalue weighted by Gasteiger charge is 2.20. The maximum atomic E-state index is 12.3. The van der Waals surface area contributed by atoms with E-state index in [1.807, 2.05) is 20.8 Å². The van der Waals surface area contributed by atoms with Crippen LogP contribution in [0.5, 0.6) is 0 Å². The second kappa shape index (κ2) is 8.43. The molecule has 2 amide bonds. The molecule has 2 aromatic rings. The average molecular weight is 377 g/mol. The summed E-state index contributed by atoms with van der Waals surface area (Å²) in [5.74, 6) is -0.572. The first-order valence-corrected chi connectivity index (χ1v) is 8.55. The summed E-state index contributed by atoms with van der Waals surface area (Å²) in [5.41, 5.74) is 0.464. The Balaban J connectivity index is 2.12. The number of amides is 2. The summed E-state index contributed by atoms with van der Waals surface area (Å²) < 4.78 is 2.73. The molecule has 0 saturated heterocycles. The van der Waals surface area contributed by atoms with Crippen LogP contribution in [0.3, 0.4) is 0 Å². The molecule has 0 aliphatic heterocycles. The fourth-order valence-corrected chi connectivity index (χ4v) is 2.33. The molecule has 0 unspecified atom stereocenters. The standard InChI is InChI=1S/C16H23N7O4/c1-5-21-7-12(15(20-21)16(25)17-6-10(2)3)18-14(24)9-22-8-13(23(26)27)11(4)19-22/h7-8,10H,5-6,9H2,1-4H3,(H,17,25)(H,18,24). The minimum atomic E-state index is -0.556. The monoisotopic (exact) mass is 377 g/mol. The average Bonchev–Trinajstić information content (AvgIpc) is 3.15. The first kappa shape index (κ1) is 20.1. The van der Waals surface area contributed by atoms with Crippen LogP contribution in [0.1, 0.15) is 37.0 Å². The molecular formula is C16H23N7O4. The third-order valence-corrected chi connectivity index (χ3v) is 3.67. The maximum Gasteiger partial charge on any atom is 0.309 e. The normalized spacial score (nSPS) is 10.9. The minimum absolute atomic E-state index is 0.119.